The van der Waals surface area contributed by atoms with Gasteiger partial charge < -0.3 is 15.9 Å². The van der Waals surface area contributed by atoms with Crippen LogP contribution in [0.5, 0.6) is 5.75 Å². The van der Waals surface area contributed by atoms with E-state index < -0.39 is 99.4 Å². The van der Waals surface area contributed by atoms with E-state index in [-0.39, 0.29) is 30.5 Å². The molecule has 2 unspecified atom stereocenters. The molecule has 1 aromatic rings. The number of phenols is 1. The zero-order valence-electron chi connectivity index (χ0n) is 25.0. The van der Waals surface area contributed by atoms with Crippen molar-refractivity contribution in [3.05, 3.63) is 28.3 Å². The van der Waals surface area contributed by atoms with Gasteiger partial charge in [0.25, 0.3) is 0 Å². The fraction of sp³-hybridized carbons (Fsp3) is 0.633. The number of carbonyl (C=O) groups excluding carboxylic acids is 5. The molecule has 7 atom stereocenters. The van der Waals surface area contributed by atoms with E-state index in [4.69, 9.17) is 5.73 Å². The standard InChI is InChI=1S/C30H38F3N3O7/c1-7-36(13(4)12(2)3)11-15-10-18(37)20-16(22(15)30(31,32)33)8-14-9-17-23(35(5)6)25(39)21(28(34)42)27(41)29(17,43)26(40)19(14)24(20)38/h10,12-14,17,19,21,23,37,43H,7-9,11H2,1-6H3,(H2,34,42)/t13-,14+,17+,19?,21?,23+,29+/m1/s1. The number of Topliss-reactive ketones (excluding diaryl/α,β-unsaturated/α-hetero) is 4. The van der Waals surface area contributed by atoms with Crippen molar-refractivity contribution < 1.29 is 47.4 Å². The first-order valence-electron chi connectivity index (χ1n) is 14.3. The zero-order valence-corrected chi connectivity index (χ0v) is 25.0. The van der Waals surface area contributed by atoms with Gasteiger partial charge in [0, 0.05) is 18.5 Å². The van der Waals surface area contributed by atoms with Crippen LogP contribution in [-0.4, -0.2) is 87.4 Å². The second-order valence-corrected chi connectivity index (χ2v) is 12.6. The molecule has 236 valence electrons. The monoisotopic (exact) mass is 609 g/mol. The molecule has 13 heteroatoms. The van der Waals surface area contributed by atoms with E-state index in [0.717, 1.165) is 6.07 Å². The molecular weight excluding hydrogens is 571 g/mol. The molecule has 3 aliphatic carbocycles. The lowest BCUT2D eigenvalue weighted by atomic mass is 9.52. The Morgan fingerprint density at radius 2 is 1.74 bits per heavy atom. The van der Waals surface area contributed by atoms with Crippen LogP contribution >= 0.6 is 0 Å². The van der Waals surface area contributed by atoms with Gasteiger partial charge in [-0.05, 0) is 69.4 Å². The quantitative estimate of drug-likeness (QED) is 0.392. The smallest absolute Gasteiger partial charge is 0.417 e. The number of carbonyl (C=O) groups is 5. The molecule has 4 rings (SSSR count). The van der Waals surface area contributed by atoms with Gasteiger partial charge in [-0.15, -0.1) is 0 Å². The molecule has 0 heterocycles. The summed E-state index contributed by atoms with van der Waals surface area (Å²) in [4.78, 5) is 69.5. The number of rotatable bonds is 7. The van der Waals surface area contributed by atoms with E-state index in [1.807, 2.05) is 32.6 Å². The molecular formula is C30H38F3N3O7. The number of nitrogens with two attached hydrogens (primary N) is 1. The number of aromatic hydroxyl groups is 1. The highest BCUT2D eigenvalue weighted by Gasteiger charge is 2.69. The van der Waals surface area contributed by atoms with Crippen molar-refractivity contribution in [3.8, 4) is 5.75 Å². The normalized spacial score (nSPS) is 30.0. The van der Waals surface area contributed by atoms with Gasteiger partial charge in [0.2, 0.25) is 5.91 Å². The molecule has 3 aliphatic rings. The van der Waals surface area contributed by atoms with Gasteiger partial charge in [-0.25, -0.2) is 0 Å². The third-order valence-corrected chi connectivity index (χ3v) is 9.75. The lowest BCUT2D eigenvalue weighted by Crippen LogP contribution is -2.74. The van der Waals surface area contributed by atoms with Gasteiger partial charge in [-0.2, -0.15) is 13.2 Å². The number of phenolic OH excluding ortho intramolecular Hbond substituents is 1. The van der Waals surface area contributed by atoms with Crippen molar-refractivity contribution in [2.24, 2.45) is 35.3 Å². The number of amides is 1. The summed E-state index contributed by atoms with van der Waals surface area (Å²) < 4.78 is 44.3. The molecule has 1 aromatic carbocycles. The first-order valence-corrected chi connectivity index (χ1v) is 14.3. The predicted octanol–water partition coefficient (Wildman–Crippen LogP) is 1.75. The first-order chi connectivity index (χ1) is 19.8. The molecule has 0 aliphatic heterocycles. The summed E-state index contributed by atoms with van der Waals surface area (Å²) in [7, 11) is 2.86. The van der Waals surface area contributed by atoms with Crippen molar-refractivity contribution in [3.63, 3.8) is 0 Å². The average Bonchev–Trinajstić information content (AvgIpc) is 2.87. The summed E-state index contributed by atoms with van der Waals surface area (Å²) in [6.07, 6.45) is -5.72. The Bertz CT molecular complexity index is 1390. The molecule has 4 N–H and O–H groups in total. The van der Waals surface area contributed by atoms with Crippen LogP contribution in [0, 0.1) is 29.6 Å². The minimum atomic E-state index is -4.92. The number of hydrogen-bond acceptors (Lipinski definition) is 9. The van der Waals surface area contributed by atoms with Crippen LogP contribution in [0.3, 0.4) is 0 Å². The number of nitrogens with zero attached hydrogens (tertiary/aromatic N) is 2. The van der Waals surface area contributed by atoms with E-state index in [0.29, 0.717) is 6.54 Å². The Hall–Kier alpha value is -3.16. The average molecular weight is 610 g/mol. The largest absolute Gasteiger partial charge is 0.507 e. The third kappa shape index (κ3) is 4.98. The van der Waals surface area contributed by atoms with Crippen molar-refractivity contribution in [1.29, 1.82) is 0 Å². The van der Waals surface area contributed by atoms with Crippen molar-refractivity contribution in [2.75, 3.05) is 20.6 Å². The Morgan fingerprint density at radius 3 is 2.23 bits per heavy atom. The SMILES string of the molecule is CCN(Cc1cc(O)c2c(c1C(F)(F)F)C[C@H]1C[C@H]3[C@H](N(C)C)C(=O)C(C(N)=O)C(=O)[C@@]3(O)C(=O)C1C2=O)[C@H](C)C(C)C. The minimum Gasteiger partial charge on any atom is -0.507 e. The molecule has 2 saturated carbocycles. The number of halogens is 3. The van der Waals surface area contributed by atoms with Gasteiger partial charge in [0.1, 0.15) is 5.75 Å². The maximum absolute atomic E-state index is 14.8. The fourth-order valence-corrected chi connectivity index (χ4v) is 7.41. The third-order valence-electron chi connectivity index (χ3n) is 9.75. The van der Waals surface area contributed by atoms with Crippen LogP contribution < -0.4 is 5.73 Å². The molecule has 43 heavy (non-hydrogen) atoms. The summed E-state index contributed by atoms with van der Waals surface area (Å²) in [5.74, 6) is -13.3. The lowest BCUT2D eigenvalue weighted by Gasteiger charge is -2.52. The number of aliphatic hydroxyl groups is 1. The summed E-state index contributed by atoms with van der Waals surface area (Å²) >= 11 is 0. The van der Waals surface area contributed by atoms with Crippen LogP contribution in [0.4, 0.5) is 13.2 Å². The lowest BCUT2D eigenvalue weighted by molar-refractivity contribution is -0.181. The van der Waals surface area contributed by atoms with Crippen LogP contribution in [0.2, 0.25) is 0 Å². The first kappa shape index (κ1) is 32.7. The Kier molecular flexibility index (Phi) is 8.44. The second-order valence-electron chi connectivity index (χ2n) is 12.6. The number of ketones is 4. The van der Waals surface area contributed by atoms with Crippen LogP contribution in [-0.2, 0) is 38.3 Å². The van der Waals surface area contributed by atoms with E-state index in [9.17, 15) is 47.4 Å². The Morgan fingerprint density at radius 1 is 1.14 bits per heavy atom. The molecule has 0 radical (unpaired) electrons. The maximum atomic E-state index is 14.8. The number of benzene rings is 1. The van der Waals surface area contributed by atoms with E-state index in [1.54, 1.807) is 0 Å². The summed E-state index contributed by atoms with van der Waals surface area (Å²) in [6, 6.07) is -0.549. The number of primary amides is 1. The Balaban J connectivity index is 1.89. The zero-order chi connectivity index (χ0) is 32.5. The number of hydrogen-bond donors (Lipinski definition) is 3. The van der Waals surface area contributed by atoms with E-state index in [2.05, 4.69) is 0 Å². The summed E-state index contributed by atoms with van der Waals surface area (Å²) in [5.41, 5.74) is -0.0710. The molecule has 0 bridgehead atoms. The highest BCUT2D eigenvalue weighted by molar-refractivity contribution is 6.32. The highest BCUT2D eigenvalue weighted by Crippen LogP contribution is 2.52. The van der Waals surface area contributed by atoms with Gasteiger partial charge in [0.05, 0.1) is 23.1 Å². The van der Waals surface area contributed by atoms with E-state index >= 15 is 0 Å². The highest BCUT2D eigenvalue weighted by atomic mass is 19.4. The molecule has 1 amide bonds. The second kappa shape index (κ2) is 11.1. The number of likely N-dealkylation sites (N-methyl/N-ethyl adjacent to an activating group) is 1. The molecule has 0 saturated heterocycles. The van der Waals surface area contributed by atoms with Gasteiger partial charge in [-0.1, -0.05) is 20.8 Å². The molecule has 2 fully saturated rings. The van der Waals surface area contributed by atoms with Crippen molar-refractivity contribution in [1.82, 2.24) is 9.80 Å². The minimum absolute atomic E-state index is 0.0996. The molecule has 10 nitrogen and oxygen atoms in total. The van der Waals surface area contributed by atoms with Crippen LogP contribution in [0.15, 0.2) is 6.07 Å². The van der Waals surface area contributed by atoms with E-state index in [1.165, 1.54) is 19.0 Å². The Labute approximate surface area is 247 Å². The topological polar surface area (TPSA) is 158 Å². The number of alkyl halides is 3. The number of fused-ring (bicyclic) bond motifs is 3. The van der Waals surface area contributed by atoms with Gasteiger partial charge in [-0.3, -0.25) is 33.8 Å². The fourth-order valence-electron chi connectivity index (χ4n) is 7.41. The van der Waals surface area contributed by atoms with Crippen molar-refractivity contribution >= 4 is 29.0 Å². The predicted molar refractivity (Wildman–Crippen MR) is 147 cm³/mol. The molecule has 0 spiro atoms. The van der Waals surface area contributed by atoms with Gasteiger partial charge >= 0.3 is 6.18 Å². The van der Waals surface area contributed by atoms with Gasteiger partial charge in [0.15, 0.2) is 34.7 Å². The van der Waals surface area contributed by atoms with Crippen LogP contribution in [0.25, 0.3) is 0 Å². The summed E-state index contributed by atoms with van der Waals surface area (Å²) in [6.45, 7) is 7.84. The molecule has 0 aromatic heterocycles. The van der Waals surface area contributed by atoms with Crippen LogP contribution in [0.1, 0.15) is 61.2 Å². The van der Waals surface area contributed by atoms with Crippen molar-refractivity contribution in [2.45, 2.75) is 70.9 Å². The maximum Gasteiger partial charge on any atom is 0.417 e. The summed E-state index contributed by atoms with van der Waals surface area (Å²) in [5, 5.41) is 22.6.